The lowest BCUT2D eigenvalue weighted by Crippen LogP contribution is -2.28. The van der Waals surface area contributed by atoms with Crippen molar-refractivity contribution in [3.8, 4) is 5.75 Å². The number of thiophene rings is 1. The summed E-state index contributed by atoms with van der Waals surface area (Å²) in [5, 5.41) is 2.00. The molecular formula is C10H18N2OS. The van der Waals surface area contributed by atoms with Crippen LogP contribution in [0.3, 0.4) is 0 Å². The smallest absolute Gasteiger partial charge is 0.129 e. The quantitative estimate of drug-likeness (QED) is 0.584. The van der Waals surface area contributed by atoms with E-state index in [4.69, 9.17) is 10.6 Å². The molecule has 0 aliphatic rings. The second kappa shape index (κ2) is 5.34. The van der Waals surface area contributed by atoms with Gasteiger partial charge in [-0.25, -0.2) is 0 Å². The van der Waals surface area contributed by atoms with Gasteiger partial charge in [0.05, 0.1) is 13.2 Å². The van der Waals surface area contributed by atoms with E-state index in [0.29, 0.717) is 5.92 Å². The van der Waals surface area contributed by atoms with Crippen LogP contribution in [0.1, 0.15) is 31.2 Å². The minimum atomic E-state index is 0.240. The van der Waals surface area contributed by atoms with Gasteiger partial charge in [-0.2, -0.15) is 0 Å². The molecule has 0 saturated carbocycles. The zero-order chi connectivity index (χ0) is 10.6. The van der Waals surface area contributed by atoms with Crippen molar-refractivity contribution in [2.75, 3.05) is 7.11 Å². The van der Waals surface area contributed by atoms with Crippen LogP contribution in [-0.4, -0.2) is 7.11 Å². The van der Waals surface area contributed by atoms with Crippen molar-refractivity contribution < 1.29 is 4.74 Å². The molecule has 1 heterocycles. The van der Waals surface area contributed by atoms with E-state index in [1.54, 1.807) is 18.4 Å². The fourth-order valence-electron chi connectivity index (χ4n) is 1.36. The number of hydrazine groups is 1. The monoisotopic (exact) mass is 214 g/mol. The van der Waals surface area contributed by atoms with Gasteiger partial charge in [-0.15, -0.1) is 11.3 Å². The number of nitrogens with two attached hydrogens (primary N) is 1. The molecule has 1 unspecified atom stereocenters. The summed E-state index contributed by atoms with van der Waals surface area (Å²) in [7, 11) is 1.68. The van der Waals surface area contributed by atoms with E-state index in [9.17, 15) is 0 Å². The highest BCUT2D eigenvalue weighted by Gasteiger charge is 2.13. The van der Waals surface area contributed by atoms with E-state index in [2.05, 4.69) is 19.3 Å². The number of methoxy groups -OCH3 is 1. The van der Waals surface area contributed by atoms with Crippen molar-refractivity contribution in [1.29, 1.82) is 0 Å². The molecule has 1 rings (SSSR count). The predicted octanol–water partition coefficient (Wildman–Crippen LogP) is 2.31. The normalized spacial score (nSPS) is 13.2. The van der Waals surface area contributed by atoms with Gasteiger partial charge in [0, 0.05) is 10.3 Å². The van der Waals surface area contributed by atoms with Crippen molar-refractivity contribution in [2.45, 2.75) is 26.3 Å². The molecule has 0 spiro atoms. The van der Waals surface area contributed by atoms with Crippen LogP contribution in [0.15, 0.2) is 11.4 Å². The standard InChI is InChI=1S/C10H18N2OS/c1-7(2)4-9(12-11)10-5-8(13-3)6-14-10/h5-7,9,12H,4,11H2,1-3H3. The Hall–Kier alpha value is -0.580. The highest BCUT2D eigenvalue weighted by atomic mass is 32.1. The summed E-state index contributed by atoms with van der Waals surface area (Å²) >= 11 is 1.68. The van der Waals surface area contributed by atoms with E-state index in [0.717, 1.165) is 12.2 Å². The molecule has 3 nitrogen and oxygen atoms in total. The van der Waals surface area contributed by atoms with Crippen LogP contribution < -0.4 is 16.0 Å². The van der Waals surface area contributed by atoms with Gasteiger partial charge in [0.15, 0.2) is 0 Å². The van der Waals surface area contributed by atoms with E-state index in [1.807, 2.05) is 11.4 Å². The van der Waals surface area contributed by atoms with Crippen LogP contribution >= 0.6 is 11.3 Å². The summed E-state index contributed by atoms with van der Waals surface area (Å²) in [6.07, 6.45) is 1.04. The molecule has 14 heavy (non-hydrogen) atoms. The Morgan fingerprint density at radius 1 is 1.57 bits per heavy atom. The van der Waals surface area contributed by atoms with Gasteiger partial charge in [-0.3, -0.25) is 11.3 Å². The van der Waals surface area contributed by atoms with Gasteiger partial charge >= 0.3 is 0 Å². The maximum Gasteiger partial charge on any atom is 0.129 e. The Bertz CT molecular complexity index is 273. The molecule has 0 aliphatic carbocycles. The third-order valence-electron chi connectivity index (χ3n) is 2.08. The number of nitrogens with one attached hydrogen (secondary N) is 1. The highest BCUT2D eigenvalue weighted by molar-refractivity contribution is 7.10. The summed E-state index contributed by atoms with van der Waals surface area (Å²) in [5.41, 5.74) is 2.84. The maximum atomic E-state index is 5.52. The molecule has 80 valence electrons. The van der Waals surface area contributed by atoms with Crippen LogP contribution in [0, 0.1) is 5.92 Å². The van der Waals surface area contributed by atoms with Crippen molar-refractivity contribution in [1.82, 2.24) is 5.43 Å². The SMILES string of the molecule is COc1csc(C(CC(C)C)NN)c1. The molecule has 0 bridgehead atoms. The predicted molar refractivity (Wildman–Crippen MR) is 60.4 cm³/mol. The fraction of sp³-hybridized carbons (Fsp3) is 0.600. The van der Waals surface area contributed by atoms with E-state index in [-0.39, 0.29) is 6.04 Å². The first kappa shape index (κ1) is 11.5. The molecule has 0 aliphatic heterocycles. The molecule has 0 aromatic carbocycles. The number of hydrogen-bond donors (Lipinski definition) is 2. The molecule has 1 aromatic heterocycles. The fourth-order valence-corrected chi connectivity index (χ4v) is 2.29. The zero-order valence-electron chi connectivity index (χ0n) is 8.91. The Kier molecular flexibility index (Phi) is 4.38. The third-order valence-corrected chi connectivity index (χ3v) is 3.11. The molecular weight excluding hydrogens is 196 g/mol. The summed E-state index contributed by atoms with van der Waals surface area (Å²) in [6.45, 7) is 4.38. The Morgan fingerprint density at radius 2 is 2.29 bits per heavy atom. The van der Waals surface area contributed by atoms with Gasteiger partial charge in [-0.05, 0) is 18.4 Å². The van der Waals surface area contributed by atoms with E-state index < -0.39 is 0 Å². The summed E-state index contributed by atoms with van der Waals surface area (Å²) in [6, 6.07) is 2.28. The lowest BCUT2D eigenvalue weighted by atomic mass is 10.0. The molecule has 1 aromatic rings. The lowest BCUT2D eigenvalue weighted by molar-refractivity contribution is 0.413. The summed E-state index contributed by atoms with van der Waals surface area (Å²) in [5.74, 6) is 7.06. The van der Waals surface area contributed by atoms with Crippen LogP contribution in [0.4, 0.5) is 0 Å². The average Bonchev–Trinajstić information content (AvgIpc) is 2.62. The van der Waals surface area contributed by atoms with Crippen LogP contribution in [-0.2, 0) is 0 Å². The second-order valence-electron chi connectivity index (χ2n) is 3.74. The molecule has 0 amide bonds. The van der Waals surface area contributed by atoms with E-state index in [1.165, 1.54) is 4.88 Å². The van der Waals surface area contributed by atoms with E-state index >= 15 is 0 Å². The van der Waals surface area contributed by atoms with Gasteiger partial charge in [-0.1, -0.05) is 13.8 Å². The Labute approximate surface area is 89.2 Å². The average molecular weight is 214 g/mol. The first-order valence-electron chi connectivity index (χ1n) is 4.76. The number of rotatable bonds is 5. The minimum absolute atomic E-state index is 0.240. The molecule has 0 radical (unpaired) electrons. The molecule has 1 atom stereocenters. The second-order valence-corrected chi connectivity index (χ2v) is 4.68. The zero-order valence-corrected chi connectivity index (χ0v) is 9.73. The molecule has 4 heteroatoms. The molecule has 0 saturated heterocycles. The Morgan fingerprint density at radius 3 is 2.71 bits per heavy atom. The van der Waals surface area contributed by atoms with Crippen LogP contribution in [0.5, 0.6) is 5.75 Å². The lowest BCUT2D eigenvalue weighted by Gasteiger charge is -2.15. The van der Waals surface area contributed by atoms with Crippen LogP contribution in [0.2, 0.25) is 0 Å². The first-order valence-corrected chi connectivity index (χ1v) is 5.64. The van der Waals surface area contributed by atoms with Crippen LogP contribution in [0.25, 0.3) is 0 Å². The first-order chi connectivity index (χ1) is 6.67. The molecule has 0 fully saturated rings. The van der Waals surface area contributed by atoms with Gasteiger partial charge in [0.25, 0.3) is 0 Å². The number of ether oxygens (including phenoxy) is 1. The van der Waals surface area contributed by atoms with Gasteiger partial charge in [0.1, 0.15) is 5.75 Å². The van der Waals surface area contributed by atoms with Crippen molar-refractivity contribution in [3.63, 3.8) is 0 Å². The highest BCUT2D eigenvalue weighted by Crippen LogP contribution is 2.29. The third kappa shape index (κ3) is 2.97. The molecule has 3 N–H and O–H groups in total. The van der Waals surface area contributed by atoms with Crippen molar-refractivity contribution in [3.05, 3.63) is 16.3 Å². The van der Waals surface area contributed by atoms with Gasteiger partial charge < -0.3 is 4.74 Å². The van der Waals surface area contributed by atoms with Crippen molar-refractivity contribution in [2.24, 2.45) is 11.8 Å². The maximum absolute atomic E-state index is 5.52. The largest absolute Gasteiger partial charge is 0.496 e. The summed E-state index contributed by atoms with van der Waals surface area (Å²) < 4.78 is 5.14. The minimum Gasteiger partial charge on any atom is -0.496 e. The van der Waals surface area contributed by atoms with Gasteiger partial charge in [0.2, 0.25) is 0 Å². The topological polar surface area (TPSA) is 47.3 Å². The summed E-state index contributed by atoms with van der Waals surface area (Å²) in [4.78, 5) is 1.23. The Balaban J connectivity index is 2.68. The number of hydrogen-bond acceptors (Lipinski definition) is 4. The van der Waals surface area contributed by atoms with Crippen molar-refractivity contribution >= 4 is 11.3 Å².